The largest absolute Gasteiger partial charge is 0.336 e. The molecule has 0 spiro atoms. The van der Waals surface area contributed by atoms with Crippen LogP contribution in [0.25, 0.3) is 0 Å². The molecule has 4 nitrogen and oxygen atoms in total. The zero-order valence-electron chi connectivity index (χ0n) is 9.54. The van der Waals surface area contributed by atoms with Crippen molar-refractivity contribution in [2.45, 2.75) is 13.3 Å². The molecule has 0 aromatic carbocycles. The molecule has 6 heteroatoms. The average Bonchev–Trinajstić information content (AvgIpc) is 2.63. The zero-order valence-corrected chi connectivity index (χ0v) is 11.9. The van der Waals surface area contributed by atoms with Gasteiger partial charge in [-0.2, -0.15) is 5.10 Å². The van der Waals surface area contributed by atoms with Crippen molar-refractivity contribution in [3.8, 4) is 0 Å². The van der Waals surface area contributed by atoms with E-state index in [1.165, 1.54) is 0 Å². The maximum Gasteiger partial charge on any atom is 0.149 e. The van der Waals surface area contributed by atoms with E-state index in [1.54, 1.807) is 16.9 Å². The Hall–Kier alpha value is -1.07. The third-order valence-electron chi connectivity index (χ3n) is 2.30. The van der Waals surface area contributed by atoms with Crippen molar-refractivity contribution in [3.63, 3.8) is 0 Å². The van der Waals surface area contributed by atoms with E-state index >= 15 is 0 Å². The fourth-order valence-corrected chi connectivity index (χ4v) is 2.21. The molecule has 0 atom stereocenters. The zero-order chi connectivity index (χ0) is 12.4. The van der Waals surface area contributed by atoms with Gasteiger partial charge in [-0.05, 0) is 28.4 Å². The molecule has 17 heavy (non-hydrogen) atoms. The Balaban J connectivity index is 2.30. The second-order valence-electron chi connectivity index (χ2n) is 3.63. The van der Waals surface area contributed by atoms with Gasteiger partial charge in [0.2, 0.25) is 0 Å². The lowest BCUT2D eigenvalue weighted by Crippen LogP contribution is -1.96. The second-order valence-corrected chi connectivity index (χ2v) is 4.95. The highest BCUT2D eigenvalue weighted by atomic mass is 79.9. The summed E-state index contributed by atoms with van der Waals surface area (Å²) in [5, 5.41) is 8.11. The van der Waals surface area contributed by atoms with Crippen LogP contribution in [-0.2, 0) is 13.5 Å². The Kier molecular flexibility index (Phi) is 3.69. The summed E-state index contributed by atoms with van der Waals surface area (Å²) in [6, 6.07) is 1.80. The molecule has 90 valence electrons. The second kappa shape index (κ2) is 5.06. The van der Waals surface area contributed by atoms with E-state index in [0.717, 1.165) is 22.3 Å². The Bertz CT molecular complexity index is 538. The summed E-state index contributed by atoms with van der Waals surface area (Å²) in [6.45, 7) is 2.06. The minimum atomic E-state index is 0.574. The van der Waals surface area contributed by atoms with Crippen LogP contribution in [0.2, 0.25) is 5.02 Å². The van der Waals surface area contributed by atoms with E-state index in [9.17, 15) is 0 Å². The van der Waals surface area contributed by atoms with Crippen molar-refractivity contribution in [1.82, 2.24) is 14.8 Å². The molecule has 2 heterocycles. The number of pyridine rings is 1. The highest BCUT2D eigenvalue weighted by Crippen LogP contribution is 2.27. The number of nitrogens with zero attached hydrogens (tertiary/aromatic N) is 3. The molecule has 0 fully saturated rings. The predicted molar refractivity (Wildman–Crippen MR) is 72.8 cm³/mol. The molecule has 0 radical (unpaired) electrons. The minimum Gasteiger partial charge on any atom is -0.336 e. The van der Waals surface area contributed by atoms with E-state index in [2.05, 4.69) is 38.3 Å². The summed E-state index contributed by atoms with van der Waals surface area (Å²) in [5.41, 5.74) is 1.93. The van der Waals surface area contributed by atoms with Gasteiger partial charge in [0.25, 0.3) is 0 Å². The van der Waals surface area contributed by atoms with Crippen molar-refractivity contribution in [2.24, 2.45) is 7.05 Å². The Morgan fingerprint density at radius 3 is 2.94 bits per heavy atom. The number of hydrogen-bond donors (Lipinski definition) is 1. The molecule has 0 saturated heterocycles. The first-order valence-corrected chi connectivity index (χ1v) is 6.38. The summed E-state index contributed by atoms with van der Waals surface area (Å²) in [5.74, 6) is 0.637. The molecule has 0 aliphatic heterocycles. The fraction of sp³-hybridized carbons (Fsp3) is 0.273. The smallest absolute Gasteiger partial charge is 0.149 e. The normalized spacial score (nSPS) is 10.6. The Morgan fingerprint density at radius 1 is 1.53 bits per heavy atom. The van der Waals surface area contributed by atoms with Gasteiger partial charge in [0.15, 0.2) is 0 Å². The molecule has 0 aliphatic carbocycles. The van der Waals surface area contributed by atoms with Crippen LogP contribution in [0.5, 0.6) is 0 Å². The van der Waals surface area contributed by atoms with Gasteiger partial charge in [-0.3, -0.25) is 4.68 Å². The summed E-state index contributed by atoms with van der Waals surface area (Å²) in [6.07, 6.45) is 4.48. The maximum absolute atomic E-state index is 6.10. The van der Waals surface area contributed by atoms with E-state index in [4.69, 9.17) is 11.6 Å². The van der Waals surface area contributed by atoms with Crippen LogP contribution >= 0.6 is 27.5 Å². The van der Waals surface area contributed by atoms with Gasteiger partial charge in [0, 0.05) is 23.9 Å². The highest BCUT2D eigenvalue weighted by molar-refractivity contribution is 9.10. The molecule has 0 saturated carbocycles. The van der Waals surface area contributed by atoms with Gasteiger partial charge in [-0.15, -0.1) is 0 Å². The SMILES string of the molecule is CCc1nn(C)cc1Nc1ncc(Br)cc1Cl. The molecular formula is C11H12BrClN4. The molecule has 0 bridgehead atoms. The lowest BCUT2D eigenvalue weighted by molar-refractivity contribution is 0.746. The van der Waals surface area contributed by atoms with Crippen molar-refractivity contribution < 1.29 is 0 Å². The average molecular weight is 316 g/mol. The van der Waals surface area contributed by atoms with Crippen molar-refractivity contribution in [2.75, 3.05) is 5.32 Å². The molecular weight excluding hydrogens is 304 g/mol. The van der Waals surface area contributed by atoms with Gasteiger partial charge in [0.05, 0.1) is 16.4 Å². The Morgan fingerprint density at radius 2 is 2.29 bits per heavy atom. The number of halogens is 2. The molecule has 2 rings (SSSR count). The van der Waals surface area contributed by atoms with Crippen LogP contribution in [-0.4, -0.2) is 14.8 Å². The van der Waals surface area contributed by atoms with E-state index in [0.29, 0.717) is 10.8 Å². The van der Waals surface area contributed by atoms with Crippen LogP contribution in [0, 0.1) is 0 Å². The highest BCUT2D eigenvalue weighted by Gasteiger charge is 2.09. The third-order valence-corrected chi connectivity index (χ3v) is 3.02. The molecule has 0 unspecified atom stereocenters. The Labute approximate surface area is 113 Å². The van der Waals surface area contributed by atoms with E-state index < -0.39 is 0 Å². The van der Waals surface area contributed by atoms with Gasteiger partial charge in [-0.1, -0.05) is 18.5 Å². The first-order valence-electron chi connectivity index (χ1n) is 5.20. The number of rotatable bonds is 3. The van der Waals surface area contributed by atoms with Gasteiger partial charge in [-0.25, -0.2) is 4.98 Å². The predicted octanol–water partition coefficient (Wildman–Crippen LogP) is 3.54. The topological polar surface area (TPSA) is 42.7 Å². The van der Waals surface area contributed by atoms with Crippen LogP contribution in [0.1, 0.15) is 12.6 Å². The quantitative estimate of drug-likeness (QED) is 0.942. The van der Waals surface area contributed by atoms with Crippen LogP contribution < -0.4 is 5.32 Å². The molecule has 0 aliphatic rings. The summed E-state index contributed by atoms with van der Waals surface area (Å²) in [4.78, 5) is 4.23. The standard InChI is InChI=1S/C11H12BrClN4/c1-3-9-10(6-17(2)16-9)15-11-8(13)4-7(12)5-14-11/h4-6H,3H2,1-2H3,(H,14,15). The monoisotopic (exact) mass is 314 g/mol. The van der Waals surface area contributed by atoms with Crippen molar-refractivity contribution in [3.05, 3.63) is 33.6 Å². The number of aryl methyl sites for hydroxylation is 2. The molecule has 0 amide bonds. The molecule has 2 aromatic heterocycles. The summed E-state index contributed by atoms with van der Waals surface area (Å²) >= 11 is 9.42. The van der Waals surface area contributed by atoms with Gasteiger partial charge >= 0.3 is 0 Å². The first kappa shape index (κ1) is 12.4. The molecule has 1 N–H and O–H groups in total. The number of aromatic nitrogens is 3. The summed E-state index contributed by atoms with van der Waals surface area (Å²) in [7, 11) is 1.89. The lowest BCUT2D eigenvalue weighted by atomic mass is 10.3. The lowest BCUT2D eigenvalue weighted by Gasteiger charge is -2.06. The maximum atomic E-state index is 6.10. The van der Waals surface area contributed by atoms with Crippen LogP contribution in [0.3, 0.4) is 0 Å². The first-order chi connectivity index (χ1) is 8.10. The van der Waals surface area contributed by atoms with Gasteiger partial charge in [0.1, 0.15) is 5.82 Å². The fourth-order valence-electron chi connectivity index (χ4n) is 1.53. The third kappa shape index (κ3) is 2.79. The van der Waals surface area contributed by atoms with Crippen molar-refractivity contribution in [1.29, 1.82) is 0 Å². The number of nitrogens with one attached hydrogen (secondary N) is 1. The van der Waals surface area contributed by atoms with Crippen LogP contribution in [0.15, 0.2) is 22.9 Å². The number of hydrogen-bond acceptors (Lipinski definition) is 3. The molecule has 2 aromatic rings. The van der Waals surface area contributed by atoms with Gasteiger partial charge < -0.3 is 5.32 Å². The van der Waals surface area contributed by atoms with E-state index in [1.807, 2.05) is 13.2 Å². The van der Waals surface area contributed by atoms with Crippen LogP contribution in [0.4, 0.5) is 11.5 Å². The summed E-state index contributed by atoms with van der Waals surface area (Å²) < 4.78 is 2.63. The minimum absolute atomic E-state index is 0.574. The van der Waals surface area contributed by atoms with Crippen molar-refractivity contribution >= 4 is 39.0 Å². The number of anilines is 2. The van der Waals surface area contributed by atoms with E-state index in [-0.39, 0.29) is 0 Å².